The predicted molar refractivity (Wildman–Crippen MR) is 118 cm³/mol. The molecule has 2 aromatic rings. The molecule has 5 heteroatoms. The molecule has 4 rings (SSSR count). The van der Waals surface area contributed by atoms with Crippen molar-refractivity contribution in [2.45, 2.75) is 38.8 Å². The van der Waals surface area contributed by atoms with Crippen LogP contribution in [-0.2, 0) is 4.79 Å². The van der Waals surface area contributed by atoms with Crippen LogP contribution in [0.5, 0.6) is 0 Å². The number of rotatable bonds is 2. The van der Waals surface area contributed by atoms with E-state index in [0.29, 0.717) is 10.6 Å². The highest BCUT2D eigenvalue weighted by atomic mass is 35.5. The number of nitriles is 2. The minimum Gasteiger partial charge on any atom is -0.351 e. The third kappa shape index (κ3) is 2.76. The Hall–Kier alpha value is -3.08. The van der Waals surface area contributed by atoms with Gasteiger partial charge in [0.1, 0.15) is 0 Å². The van der Waals surface area contributed by atoms with Crippen LogP contribution in [0, 0.1) is 33.5 Å². The van der Waals surface area contributed by atoms with Gasteiger partial charge in [0.25, 0.3) is 0 Å². The van der Waals surface area contributed by atoms with Crippen LogP contribution in [0.4, 0.5) is 5.69 Å². The van der Waals surface area contributed by atoms with Gasteiger partial charge in [0.15, 0.2) is 11.2 Å². The van der Waals surface area contributed by atoms with E-state index in [2.05, 4.69) is 12.1 Å². The van der Waals surface area contributed by atoms with Crippen molar-refractivity contribution in [1.29, 1.82) is 10.5 Å². The van der Waals surface area contributed by atoms with Crippen molar-refractivity contribution in [2.75, 3.05) is 4.90 Å². The number of ketones is 1. The van der Waals surface area contributed by atoms with Crippen LogP contribution in [0.25, 0.3) is 6.08 Å². The lowest BCUT2D eigenvalue weighted by atomic mass is 9.67. The van der Waals surface area contributed by atoms with Gasteiger partial charge in [0.2, 0.25) is 0 Å². The molecule has 2 aliphatic heterocycles. The summed E-state index contributed by atoms with van der Waals surface area (Å²) in [6.45, 7) is 5.62. The Morgan fingerprint density at radius 1 is 1.07 bits per heavy atom. The van der Waals surface area contributed by atoms with E-state index in [-0.39, 0.29) is 5.78 Å². The van der Waals surface area contributed by atoms with Gasteiger partial charge >= 0.3 is 0 Å². The topological polar surface area (TPSA) is 67.9 Å². The second-order valence-corrected chi connectivity index (χ2v) is 9.33. The summed E-state index contributed by atoms with van der Waals surface area (Å²) in [5, 5.41) is 21.1. The van der Waals surface area contributed by atoms with Gasteiger partial charge in [0.05, 0.1) is 24.2 Å². The Morgan fingerprint density at radius 3 is 2.33 bits per heavy atom. The van der Waals surface area contributed by atoms with Gasteiger partial charge in [-0.25, -0.2) is 0 Å². The summed E-state index contributed by atoms with van der Waals surface area (Å²) < 4.78 is 0. The van der Waals surface area contributed by atoms with Crippen LogP contribution in [0.15, 0.2) is 54.6 Å². The van der Waals surface area contributed by atoms with Gasteiger partial charge in [-0.2, -0.15) is 10.5 Å². The molecule has 1 saturated heterocycles. The first-order chi connectivity index (χ1) is 14.3. The molecular weight excluding hydrogens is 394 g/mol. The van der Waals surface area contributed by atoms with Crippen LogP contribution in [0.1, 0.15) is 37.8 Å². The van der Waals surface area contributed by atoms with Gasteiger partial charge in [-0.05, 0) is 23.3 Å². The number of Topliss-reactive ketones (excluding diaryl/α,β-unsaturated/α-hetero) is 1. The van der Waals surface area contributed by atoms with E-state index in [1.165, 1.54) is 0 Å². The standard InChI is InChI=1S/C25H22ClN3O/c1-24(2,3)23(30)22-21(17-9-5-6-10-18(17)26)25(14-27,15-28)20-13-12-16-8-4-7-11-19(16)29(20)22/h4-13,20-22H,1-3H3/t20-,21+,22-/m1/s1. The number of hydrogen-bond donors (Lipinski definition) is 0. The summed E-state index contributed by atoms with van der Waals surface area (Å²) in [7, 11) is 0. The Bertz CT molecular complexity index is 1120. The van der Waals surface area contributed by atoms with E-state index in [1.807, 2.05) is 80.3 Å². The fraction of sp³-hybridized carbons (Fsp3) is 0.320. The smallest absolute Gasteiger partial charge is 0.176 e. The molecule has 0 unspecified atom stereocenters. The normalized spacial score (nSPS) is 23.8. The molecule has 4 nitrogen and oxygen atoms in total. The first-order valence-electron chi connectivity index (χ1n) is 9.93. The molecule has 0 spiro atoms. The monoisotopic (exact) mass is 415 g/mol. The highest BCUT2D eigenvalue weighted by Gasteiger charge is 2.64. The number of fused-ring (bicyclic) bond motifs is 3. The van der Waals surface area contributed by atoms with E-state index in [0.717, 1.165) is 11.3 Å². The maximum Gasteiger partial charge on any atom is 0.176 e. The van der Waals surface area contributed by atoms with E-state index in [4.69, 9.17) is 11.6 Å². The number of nitrogens with zero attached hydrogens (tertiary/aromatic N) is 3. The summed E-state index contributed by atoms with van der Waals surface area (Å²) in [6.07, 6.45) is 3.82. The first kappa shape index (κ1) is 20.2. The third-order valence-corrected chi connectivity index (χ3v) is 6.51. The SMILES string of the molecule is CC(C)(C)C(=O)[C@H]1[C@H](c2ccccc2Cl)C(C#N)(C#N)[C@H]2C=Cc3ccccc3N12. The number of benzene rings is 2. The highest BCUT2D eigenvalue weighted by molar-refractivity contribution is 6.31. The van der Waals surface area contributed by atoms with Crippen molar-refractivity contribution in [1.82, 2.24) is 0 Å². The molecule has 1 fully saturated rings. The van der Waals surface area contributed by atoms with Crippen molar-refractivity contribution in [3.8, 4) is 12.1 Å². The van der Waals surface area contributed by atoms with Gasteiger partial charge in [-0.1, -0.05) is 80.9 Å². The van der Waals surface area contributed by atoms with Gasteiger partial charge in [-0.15, -0.1) is 0 Å². The van der Waals surface area contributed by atoms with Crippen LogP contribution >= 0.6 is 11.6 Å². The fourth-order valence-electron chi connectivity index (χ4n) is 4.75. The van der Waals surface area contributed by atoms with E-state index in [1.54, 1.807) is 6.07 Å². The average molecular weight is 416 g/mol. The van der Waals surface area contributed by atoms with E-state index < -0.39 is 28.8 Å². The fourth-order valence-corrected chi connectivity index (χ4v) is 5.00. The summed E-state index contributed by atoms with van der Waals surface area (Å²) in [5.74, 6) is -0.705. The number of carbonyl (C=O) groups is 1. The lowest BCUT2D eigenvalue weighted by Crippen LogP contribution is -2.47. The molecule has 150 valence electrons. The zero-order chi connectivity index (χ0) is 21.7. The molecule has 0 amide bonds. The molecule has 0 aliphatic carbocycles. The number of carbonyl (C=O) groups excluding carboxylic acids is 1. The number of hydrogen-bond acceptors (Lipinski definition) is 4. The number of halogens is 1. The largest absolute Gasteiger partial charge is 0.351 e. The Labute approximate surface area is 182 Å². The van der Waals surface area contributed by atoms with Gasteiger partial charge < -0.3 is 4.90 Å². The Morgan fingerprint density at radius 2 is 1.70 bits per heavy atom. The zero-order valence-corrected chi connectivity index (χ0v) is 17.9. The second kappa shape index (κ2) is 7.01. The quantitative estimate of drug-likeness (QED) is 0.662. The van der Waals surface area contributed by atoms with Crippen LogP contribution in [0.2, 0.25) is 5.02 Å². The third-order valence-electron chi connectivity index (χ3n) is 6.16. The number of para-hydroxylation sites is 1. The summed E-state index contributed by atoms with van der Waals surface area (Å²) in [5.41, 5.74) is 0.360. The Balaban J connectivity index is 2.06. The highest BCUT2D eigenvalue weighted by Crippen LogP contribution is 2.56. The van der Waals surface area contributed by atoms with E-state index >= 15 is 0 Å². The summed E-state index contributed by atoms with van der Waals surface area (Å²) in [6, 6.07) is 18.4. The molecule has 30 heavy (non-hydrogen) atoms. The van der Waals surface area contributed by atoms with Crippen LogP contribution < -0.4 is 4.90 Å². The lowest BCUT2D eigenvalue weighted by molar-refractivity contribution is -0.127. The minimum atomic E-state index is -1.46. The summed E-state index contributed by atoms with van der Waals surface area (Å²) >= 11 is 6.56. The second-order valence-electron chi connectivity index (χ2n) is 8.92. The maximum absolute atomic E-state index is 13.8. The van der Waals surface area contributed by atoms with Crippen molar-refractivity contribution < 1.29 is 4.79 Å². The molecule has 0 radical (unpaired) electrons. The molecule has 0 bridgehead atoms. The zero-order valence-electron chi connectivity index (χ0n) is 17.1. The van der Waals surface area contributed by atoms with Gasteiger partial charge in [0, 0.05) is 22.0 Å². The predicted octanol–water partition coefficient (Wildman–Crippen LogP) is 5.36. The molecule has 2 aliphatic rings. The lowest BCUT2D eigenvalue weighted by Gasteiger charge is -2.37. The number of anilines is 1. The molecule has 0 aromatic heterocycles. The van der Waals surface area contributed by atoms with Crippen molar-refractivity contribution in [2.24, 2.45) is 10.8 Å². The van der Waals surface area contributed by atoms with Crippen molar-refractivity contribution in [3.63, 3.8) is 0 Å². The molecule has 3 atom stereocenters. The van der Waals surface area contributed by atoms with Crippen LogP contribution in [-0.4, -0.2) is 17.9 Å². The average Bonchev–Trinajstić information content (AvgIpc) is 3.03. The Kier molecular flexibility index (Phi) is 4.72. The summed E-state index contributed by atoms with van der Waals surface area (Å²) in [4.78, 5) is 15.8. The molecule has 0 saturated carbocycles. The molecule has 0 N–H and O–H groups in total. The minimum absolute atomic E-state index is 0.0186. The van der Waals surface area contributed by atoms with Crippen LogP contribution in [0.3, 0.4) is 0 Å². The molecule has 2 aromatic carbocycles. The van der Waals surface area contributed by atoms with Crippen molar-refractivity contribution in [3.05, 3.63) is 70.8 Å². The molecule has 2 heterocycles. The van der Waals surface area contributed by atoms with E-state index in [9.17, 15) is 15.3 Å². The van der Waals surface area contributed by atoms with Crippen molar-refractivity contribution >= 4 is 29.1 Å². The molecular formula is C25H22ClN3O. The van der Waals surface area contributed by atoms with Gasteiger partial charge in [-0.3, -0.25) is 4.79 Å². The maximum atomic E-state index is 13.8. The first-order valence-corrected chi connectivity index (χ1v) is 10.3.